The van der Waals surface area contributed by atoms with Crippen LogP contribution in [0.25, 0.3) is 11.0 Å². The average molecular weight is 410 g/mol. The van der Waals surface area contributed by atoms with Crippen LogP contribution in [-0.2, 0) is 13.0 Å². The molecule has 0 radical (unpaired) electrons. The highest BCUT2D eigenvalue weighted by Gasteiger charge is 2.22. The van der Waals surface area contributed by atoms with Crippen molar-refractivity contribution in [1.29, 1.82) is 0 Å². The van der Waals surface area contributed by atoms with Gasteiger partial charge in [0.15, 0.2) is 5.82 Å². The van der Waals surface area contributed by atoms with E-state index in [2.05, 4.69) is 76.7 Å². The predicted octanol–water partition coefficient (Wildman–Crippen LogP) is 5.54. The summed E-state index contributed by atoms with van der Waals surface area (Å²) in [5, 5.41) is 3.61. The molecule has 0 fully saturated rings. The first-order chi connectivity index (χ1) is 15.3. The molecule has 0 amide bonds. The Morgan fingerprint density at radius 2 is 1.74 bits per heavy atom. The summed E-state index contributed by atoms with van der Waals surface area (Å²) in [7, 11) is 0. The van der Waals surface area contributed by atoms with Crippen LogP contribution in [0.4, 0.5) is 11.8 Å². The molecule has 1 aliphatic heterocycles. The second-order valence-electron chi connectivity index (χ2n) is 8.08. The Hall–Kier alpha value is -3.47. The first-order valence-corrected chi connectivity index (χ1v) is 11.1. The minimum atomic E-state index is 0.176. The molecule has 156 valence electrons. The lowest BCUT2D eigenvalue weighted by Crippen LogP contribution is -2.31. The molecule has 0 spiro atoms. The molecular formula is C26H27N5. The highest BCUT2D eigenvalue weighted by Crippen LogP contribution is 2.30. The van der Waals surface area contributed by atoms with Crippen LogP contribution in [0.5, 0.6) is 0 Å². The zero-order valence-corrected chi connectivity index (χ0v) is 17.8. The highest BCUT2D eigenvalue weighted by atomic mass is 15.2. The van der Waals surface area contributed by atoms with Crippen molar-refractivity contribution in [3.05, 3.63) is 89.6 Å². The van der Waals surface area contributed by atoms with Gasteiger partial charge in [0.25, 0.3) is 0 Å². The normalized spacial score (nSPS) is 14.3. The molecule has 5 heteroatoms. The van der Waals surface area contributed by atoms with Crippen molar-refractivity contribution in [2.45, 2.75) is 38.8 Å². The summed E-state index contributed by atoms with van der Waals surface area (Å²) >= 11 is 0. The number of anilines is 2. The summed E-state index contributed by atoms with van der Waals surface area (Å²) in [5.74, 6) is 1.57. The minimum Gasteiger partial charge on any atom is -0.350 e. The van der Waals surface area contributed by atoms with Gasteiger partial charge in [0.2, 0.25) is 5.95 Å². The van der Waals surface area contributed by atoms with Crippen LogP contribution >= 0.6 is 0 Å². The van der Waals surface area contributed by atoms with Crippen molar-refractivity contribution in [2.75, 3.05) is 16.8 Å². The number of benzene rings is 2. The highest BCUT2D eigenvalue weighted by molar-refractivity contribution is 5.86. The Balaban J connectivity index is 1.52. The van der Waals surface area contributed by atoms with E-state index >= 15 is 0 Å². The van der Waals surface area contributed by atoms with E-state index in [9.17, 15) is 0 Å². The van der Waals surface area contributed by atoms with Gasteiger partial charge < -0.3 is 10.2 Å². The Morgan fingerprint density at radius 1 is 0.935 bits per heavy atom. The van der Waals surface area contributed by atoms with Crippen molar-refractivity contribution in [3.63, 3.8) is 0 Å². The number of hydrogen-bond acceptors (Lipinski definition) is 5. The summed E-state index contributed by atoms with van der Waals surface area (Å²) in [4.78, 5) is 16.8. The molecule has 0 unspecified atom stereocenters. The molecule has 1 N–H and O–H groups in total. The molecule has 0 saturated heterocycles. The molecular weight excluding hydrogens is 382 g/mol. The molecule has 0 bridgehead atoms. The van der Waals surface area contributed by atoms with E-state index in [4.69, 9.17) is 9.97 Å². The third-order valence-corrected chi connectivity index (χ3v) is 5.95. The molecule has 4 aromatic rings. The van der Waals surface area contributed by atoms with Gasteiger partial charge in [-0.25, -0.2) is 4.98 Å². The molecule has 1 aliphatic rings. The Labute approximate surface area is 183 Å². The van der Waals surface area contributed by atoms with Crippen LogP contribution in [0.1, 0.15) is 42.5 Å². The molecule has 0 aliphatic carbocycles. The summed E-state index contributed by atoms with van der Waals surface area (Å²) in [5.41, 5.74) is 5.78. The van der Waals surface area contributed by atoms with Crippen molar-refractivity contribution in [1.82, 2.24) is 15.0 Å². The number of nitrogens with zero attached hydrogens (tertiary/aromatic N) is 4. The Kier molecular flexibility index (Phi) is 5.48. The average Bonchev–Trinajstić information content (AvgIpc) is 2.83. The van der Waals surface area contributed by atoms with Gasteiger partial charge in [0, 0.05) is 19.3 Å². The quantitative estimate of drug-likeness (QED) is 0.453. The Bertz CT molecular complexity index is 1170. The standard InChI is InChI=1S/C26H27N5/c1-2-9-22(20-11-4-3-5-12-20)28-26-29-23-14-8-16-27-24(23)25(30-26)31-17-15-19-10-6-7-13-21(19)18-31/h3-8,10-14,16,22H,2,9,15,17-18H2,1H3,(H,28,29,30)/t22-/m1/s1. The number of nitrogens with one attached hydrogen (secondary N) is 1. The smallest absolute Gasteiger partial charge is 0.225 e. The van der Waals surface area contributed by atoms with E-state index < -0.39 is 0 Å². The first-order valence-electron chi connectivity index (χ1n) is 11.1. The van der Waals surface area contributed by atoms with Crippen LogP contribution in [0.3, 0.4) is 0 Å². The molecule has 3 heterocycles. The number of rotatable bonds is 6. The van der Waals surface area contributed by atoms with Gasteiger partial charge in [-0.05, 0) is 41.7 Å². The minimum absolute atomic E-state index is 0.176. The maximum absolute atomic E-state index is 4.99. The third-order valence-electron chi connectivity index (χ3n) is 5.95. The lowest BCUT2D eigenvalue weighted by Gasteiger charge is -2.30. The van der Waals surface area contributed by atoms with Gasteiger partial charge >= 0.3 is 0 Å². The van der Waals surface area contributed by atoms with Gasteiger partial charge in [0.05, 0.1) is 11.6 Å². The molecule has 31 heavy (non-hydrogen) atoms. The number of hydrogen-bond donors (Lipinski definition) is 1. The lowest BCUT2D eigenvalue weighted by atomic mass is 10.00. The second-order valence-corrected chi connectivity index (χ2v) is 8.08. The second kappa shape index (κ2) is 8.72. The van der Waals surface area contributed by atoms with Crippen LogP contribution in [0, 0.1) is 0 Å². The summed E-state index contributed by atoms with van der Waals surface area (Å²) in [6, 6.07) is 23.4. The van der Waals surface area contributed by atoms with E-state index in [1.807, 2.05) is 18.3 Å². The maximum atomic E-state index is 4.99. The number of fused-ring (bicyclic) bond motifs is 2. The molecule has 0 saturated carbocycles. The van der Waals surface area contributed by atoms with Gasteiger partial charge in [-0.15, -0.1) is 0 Å². The first kappa shape index (κ1) is 19.5. The summed E-state index contributed by atoms with van der Waals surface area (Å²) in [6.45, 7) is 3.98. The fourth-order valence-electron chi connectivity index (χ4n) is 4.37. The molecule has 1 atom stereocenters. The van der Waals surface area contributed by atoms with Gasteiger partial charge in [-0.1, -0.05) is 67.9 Å². The van der Waals surface area contributed by atoms with Crippen LogP contribution < -0.4 is 10.2 Å². The topological polar surface area (TPSA) is 53.9 Å². The molecule has 2 aromatic carbocycles. The van der Waals surface area contributed by atoms with E-state index in [0.29, 0.717) is 5.95 Å². The van der Waals surface area contributed by atoms with E-state index in [1.165, 1.54) is 16.7 Å². The SMILES string of the molecule is CCC[C@@H](Nc1nc(N2CCc3ccccc3C2)c2ncccc2n1)c1ccccc1. The monoisotopic (exact) mass is 409 g/mol. The molecule has 2 aromatic heterocycles. The van der Waals surface area contributed by atoms with Gasteiger partial charge in [-0.2, -0.15) is 4.98 Å². The number of aromatic nitrogens is 3. The fourth-order valence-corrected chi connectivity index (χ4v) is 4.37. The van der Waals surface area contributed by atoms with Crippen LogP contribution in [0.2, 0.25) is 0 Å². The van der Waals surface area contributed by atoms with E-state index in [-0.39, 0.29) is 6.04 Å². The maximum Gasteiger partial charge on any atom is 0.225 e. The van der Waals surface area contributed by atoms with Gasteiger partial charge in [-0.3, -0.25) is 4.98 Å². The van der Waals surface area contributed by atoms with Crippen molar-refractivity contribution >= 4 is 22.8 Å². The Morgan fingerprint density at radius 3 is 2.58 bits per heavy atom. The van der Waals surface area contributed by atoms with E-state index in [0.717, 1.165) is 49.2 Å². The number of pyridine rings is 1. The molecule has 5 rings (SSSR count). The zero-order chi connectivity index (χ0) is 21.0. The third kappa shape index (κ3) is 4.08. The molecule has 5 nitrogen and oxygen atoms in total. The van der Waals surface area contributed by atoms with Crippen molar-refractivity contribution in [2.24, 2.45) is 0 Å². The largest absolute Gasteiger partial charge is 0.350 e. The van der Waals surface area contributed by atoms with Gasteiger partial charge in [0.1, 0.15) is 5.52 Å². The summed E-state index contributed by atoms with van der Waals surface area (Å²) < 4.78 is 0. The van der Waals surface area contributed by atoms with E-state index in [1.54, 1.807) is 0 Å². The van der Waals surface area contributed by atoms with Crippen LogP contribution in [-0.4, -0.2) is 21.5 Å². The van der Waals surface area contributed by atoms with Crippen LogP contribution in [0.15, 0.2) is 72.9 Å². The fraction of sp³-hybridized carbons (Fsp3) is 0.269. The van der Waals surface area contributed by atoms with Crippen molar-refractivity contribution < 1.29 is 0 Å². The lowest BCUT2D eigenvalue weighted by molar-refractivity contribution is 0.669. The predicted molar refractivity (Wildman–Crippen MR) is 126 cm³/mol. The zero-order valence-electron chi connectivity index (χ0n) is 17.8. The summed E-state index contributed by atoms with van der Waals surface area (Å²) in [6.07, 6.45) is 4.94. The van der Waals surface area contributed by atoms with Crippen molar-refractivity contribution in [3.8, 4) is 0 Å².